The first kappa shape index (κ1) is 21.7. The molecule has 0 aliphatic rings. The minimum absolute atomic E-state index is 0.0204. The van der Waals surface area contributed by atoms with Crippen molar-refractivity contribution in [3.63, 3.8) is 0 Å². The fraction of sp³-hybridized carbons (Fsp3) is 0.0870. The van der Waals surface area contributed by atoms with Crippen molar-refractivity contribution in [2.24, 2.45) is 0 Å². The summed E-state index contributed by atoms with van der Waals surface area (Å²) in [7, 11) is 0. The molecule has 2 aromatic heterocycles. The molecule has 0 saturated heterocycles. The Labute approximate surface area is 187 Å². The van der Waals surface area contributed by atoms with Crippen LogP contribution in [0.5, 0.6) is 0 Å². The molecular formula is C23H13F6N5. The van der Waals surface area contributed by atoms with Crippen molar-refractivity contribution < 1.29 is 26.3 Å². The van der Waals surface area contributed by atoms with E-state index < -0.39 is 30.0 Å². The maximum atomic E-state index is 14.1. The van der Waals surface area contributed by atoms with Gasteiger partial charge in [0.1, 0.15) is 23.8 Å². The third-order valence-corrected chi connectivity index (χ3v) is 5.21. The molecule has 0 spiro atoms. The number of para-hydroxylation sites is 1. The summed E-state index contributed by atoms with van der Waals surface area (Å²) in [6, 6.07) is 11.3. The fourth-order valence-corrected chi connectivity index (χ4v) is 3.65. The van der Waals surface area contributed by atoms with Gasteiger partial charge in [0.15, 0.2) is 17.5 Å². The van der Waals surface area contributed by atoms with Gasteiger partial charge in [-0.1, -0.05) is 24.3 Å². The van der Waals surface area contributed by atoms with Crippen LogP contribution in [-0.2, 0) is 12.9 Å². The number of hydrogen-bond donors (Lipinski definition) is 2. The quantitative estimate of drug-likeness (QED) is 0.286. The molecule has 0 atom stereocenters. The van der Waals surface area contributed by atoms with Gasteiger partial charge in [-0.05, 0) is 29.8 Å². The number of nitrogens with zero attached hydrogens (tertiary/aromatic N) is 3. The molecule has 0 fully saturated rings. The zero-order valence-electron chi connectivity index (χ0n) is 17.0. The Morgan fingerprint density at radius 2 is 1.68 bits per heavy atom. The normalized spacial score (nSPS) is 11.9. The van der Waals surface area contributed by atoms with Crippen molar-refractivity contribution in [1.29, 1.82) is 0 Å². The van der Waals surface area contributed by atoms with Crippen LogP contribution < -0.4 is 5.32 Å². The first-order valence-corrected chi connectivity index (χ1v) is 9.88. The first-order valence-electron chi connectivity index (χ1n) is 9.88. The summed E-state index contributed by atoms with van der Waals surface area (Å²) in [6.07, 6.45) is -4.78. The molecule has 34 heavy (non-hydrogen) atoms. The minimum atomic E-state index is -4.78. The van der Waals surface area contributed by atoms with E-state index >= 15 is 0 Å². The van der Waals surface area contributed by atoms with Crippen LogP contribution in [0.2, 0.25) is 0 Å². The predicted octanol–water partition coefficient (Wildman–Crippen LogP) is 6.68. The van der Waals surface area contributed by atoms with Gasteiger partial charge in [0.05, 0.1) is 16.5 Å². The monoisotopic (exact) mass is 473 g/mol. The van der Waals surface area contributed by atoms with E-state index in [9.17, 15) is 26.3 Å². The van der Waals surface area contributed by atoms with Gasteiger partial charge in [0.2, 0.25) is 0 Å². The van der Waals surface area contributed by atoms with E-state index in [2.05, 4.69) is 25.5 Å². The van der Waals surface area contributed by atoms with E-state index in [1.807, 2.05) is 0 Å². The van der Waals surface area contributed by atoms with Gasteiger partial charge >= 0.3 is 6.18 Å². The second kappa shape index (κ2) is 8.01. The highest BCUT2D eigenvalue weighted by molar-refractivity contribution is 5.97. The summed E-state index contributed by atoms with van der Waals surface area (Å²) in [4.78, 5) is 8.53. The van der Waals surface area contributed by atoms with Crippen LogP contribution in [0.3, 0.4) is 0 Å². The van der Waals surface area contributed by atoms with Crippen molar-refractivity contribution in [3.8, 4) is 11.4 Å². The average Bonchev–Trinajstić information content (AvgIpc) is 3.20. The summed E-state index contributed by atoms with van der Waals surface area (Å²) in [6.45, 7) is -1.06. The highest BCUT2D eigenvalue weighted by atomic mass is 19.4. The Balaban J connectivity index is 1.70. The maximum absolute atomic E-state index is 14.1. The number of aromatic nitrogens is 4. The molecule has 5 nitrogen and oxygen atoms in total. The van der Waals surface area contributed by atoms with Crippen molar-refractivity contribution in [2.45, 2.75) is 12.9 Å². The Morgan fingerprint density at radius 3 is 2.44 bits per heavy atom. The first-order chi connectivity index (χ1) is 16.2. The number of aromatic amines is 1. The lowest BCUT2D eigenvalue weighted by atomic mass is 10.0. The van der Waals surface area contributed by atoms with E-state index in [-0.39, 0.29) is 39.5 Å². The van der Waals surface area contributed by atoms with Crippen LogP contribution in [0.15, 0.2) is 54.6 Å². The Kier molecular flexibility index (Phi) is 5.11. The van der Waals surface area contributed by atoms with E-state index in [1.54, 1.807) is 24.3 Å². The number of rotatable bonds is 4. The van der Waals surface area contributed by atoms with E-state index in [4.69, 9.17) is 0 Å². The number of benzene rings is 3. The van der Waals surface area contributed by atoms with Gasteiger partial charge in [-0.15, -0.1) is 0 Å². The highest BCUT2D eigenvalue weighted by Crippen LogP contribution is 2.38. The molecular weight excluding hydrogens is 460 g/mol. The molecule has 0 saturated carbocycles. The van der Waals surface area contributed by atoms with Crippen LogP contribution in [0.4, 0.5) is 38.0 Å². The summed E-state index contributed by atoms with van der Waals surface area (Å²) in [5.41, 5.74) is -1.30. The van der Waals surface area contributed by atoms with E-state index in [0.29, 0.717) is 23.0 Å². The summed E-state index contributed by atoms with van der Waals surface area (Å²) < 4.78 is 82.1. The van der Waals surface area contributed by atoms with Gasteiger partial charge in [0.25, 0.3) is 0 Å². The Morgan fingerprint density at radius 1 is 0.882 bits per heavy atom. The molecule has 0 amide bonds. The standard InChI is InChI=1S/C23H13F6N5/c24-10-11-5-6-13(16(7-11)23(27,28)29)20-30-18-4-2-1-3-14(18)21(31-20)32-22-15-8-12(25)9-17(26)19(15)33-34-22/h1-9H,10H2,(H2,30,31,32,33,34). The molecule has 0 radical (unpaired) electrons. The molecule has 5 aromatic rings. The highest BCUT2D eigenvalue weighted by Gasteiger charge is 2.35. The number of alkyl halides is 4. The minimum Gasteiger partial charge on any atom is -0.322 e. The number of fused-ring (bicyclic) bond motifs is 2. The lowest BCUT2D eigenvalue weighted by molar-refractivity contribution is -0.137. The number of anilines is 2. The van der Waals surface area contributed by atoms with Gasteiger partial charge < -0.3 is 5.32 Å². The molecule has 3 aromatic carbocycles. The van der Waals surface area contributed by atoms with Crippen LogP contribution in [0, 0.1) is 11.6 Å². The molecule has 0 bridgehead atoms. The van der Waals surface area contributed by atoms with Crippen molar-refractivity contribution >= 4 is 33.4 Å². The lowest BCUT2D eigenvalue weighted by Gasteiger charge is -2.15. The molecule has 0 unspecified atom stereocenters. The molecule has 5 rings (SSSR count). The summed E-state index contributed by atoms with van der Waals surface area (Å²) in [5, 5.41) is 9.79. The van der Waals surface area contributed by atoms with Crippen molar-refractivity contribution in [2.75, 3.05) is 5.32 Å². The number of halogens is 6. The largest absolute Gasteiger partial charge is 0.417 e. The molecule has 2 heterocycles. The second-order valence-electron chi connectivity index (χ2n) is 7.43. The maximum Gasteiger partial charge on any atom is 0.417 e. The van der Waals surface area contributed by atoms with E-state index in [1.165, 1.54) is 6.07 Å². The van der Waals surface area contributed by atoms with Crippen LogP contribution >= 0.6 is 0 Å². The van der Waals surface area contributed by atoms with Crippen LogP contribution in [0.25, 0.3) is 33.2 Å². The molecule has 0 aliphatic heterocycles. The molecule has 0 aliphatic carbocycles. The Bertz CT molecular complexity index is 1540. The average molecular weight is 473 g/mol. The third kappa shape index (κ3) is 3.78. The number of hydrogen-bond acceptors (Lipinski definition) is 4. The molecule has 11 heteroatoms. The van der Waals surface area contributed by atoms with Gasteiger partial charge in [-0.25, -0.2) is 23.1 Å². The third-order valence-electron chi connectivity index (χ3n) is 5.21. The van der Waals surface area contributed by atoms with Crippen molar-refractivity contribution in [3.05, 3.63) is 77.4 Å². The SMILES string of the molecule is FCc1ccc(-c2nc(Nc3n[nH]c4c(F)cc(F)cc34)c3ccccc3n2)c(C(F)(F)F)c1. The van der Waals surface area contributed by atoms with Gasteiger partial charge in [0, 0.05) is 17.0 Å². The topological polar surface area (TPSA) is 66.5 Å². The van der Waals surface area contributed by atoms with Gasteiger partial charge in [-0.2, -0.15) is 18.3 Å². The number of nitrogens with one attached hydrogen (secondary N) is 2. The number of H-pyrrole nitrogens is 1. The molecule has 2 N–H and O–H groups in total. The zero-order valence-corrected chi connectivity index (χ0v) is 17.0. The van der Waals surface area contributed by atoms with Gasteiger partial charge in [-0.3, -0.25) is 5.10 Å². The lowest BCUT2D eigenvalue weighted by Crippen LogP contribution is -2.10. The summed E-state index contributed by atoms with van der Waals surface area (Å²) in [5.74, 6) is -1.86. The molecule has 172 valence electrons. The summed E-state index contributed by atoms with van der Waals surface area (Å²) >= 11 is 0. The second-order valence-corrected chi connectivity index (χ2v) is 7.43. The van der Waals surface area contributed by atoms with E-state index in [0.717, 1.165) is 12.1 Å². The fourth-order valence-electron chi connectivity index (χ4n) is 3.65. The zero-order chi connectivity index (χ0) is 24.0. The smallest absolute Gasteiger partial charge is 0.322 e. The van der Waals surface area contributed by atoms with Crippen molar-refractivity contribution in [1.82, 2.24) is 20.2 Å². The van der Waals surface area contributed by atoms with Crippen LogP contribution in [0.1, 0.15) is 11.1 Å². The predicted molar refractivity (Wildman–Crippen MR) is 114 cm³/mol. The van der Waals surface area contributed by atoms with Crippen LogP contribution in [-0.4, -0.2) is 20.2 Å². The Hall–Kier alpha value is -4.15.